The molecule has 3 rings (SSSR count). The lowest BCUT2D eigenvalue weighted by molar-refractivity contribution is -0.130. The van der Waals surface area contributed by atoms with Crippen molar-refractivity contribution in [3.05, 3.63) is 48.0 Å². The molecule has 2 heterocycles. The number of nitrogens with zero attached hydrogens (tertiary/aromatic N) is 3. The number of aryl methyl sites for hydroxylation is 1. The van der Waals surface area contributed by atoms with Gasteiger partial charge in [0.2, 0.25) is 5.91 Å². The summed E-state index contributed by atoms with van der Waals surface area (Å²) in [7, 11) is 1.85. The minimum absolute atomic E-state index is 0.00745. The zero-order valence-corrected chi connectivity index (χ0v) is 14.1. The first-order chi connectivity index (χ1) is 12.1. The standard InChI is InChI=1S/C18H22FN3O3/c1-21-9-13(8-20-21)17-11-22(10-14(17)12-23)18(24)6-7-25-16-4-2-15(19)3-5-16/h2-5,8-9,14,17,23H,6-7,10-12H2,1H3/t14-,17-/m0/s1. The van der Waals surface area contributed by atoms with Crippen molar-refractivity contribution in [3.63, 3.8) is 0 Å². The number of carbonyl (C=O) groups excluding carboxylic acids is 1. The number of halogens is 1. The van der Waals surface area contributed by atoms with Crippen LogP contribution in [-0.2, 0) is 11.8 Å². The quantitative estimate of drug-likeness (QED) is 0.861. The van der Waals surface area contributed by atoms with E-state index in [0.29, 0.717) is 18.8 Å². The minimum Gasteiger partial charge on any atom is -0.493 e. The highest BCUT2D eigenvalue weighted by Gasteiger charge is 2.36. The molecule has 1 aliphatic heterocycles. The lowest BCUT2D eigenvalue weighted by Crippen LogP contribution is -2.30. The molecule has 1 N–H and O–H groups in total. The number of ether oxygens (including phenoxy) is 1. The fourth-order valence-corrected chi connectivity index (χ4v) is 3.21. The fourth-order valence-electron chi connectivity index (χ4n) is 3.21. The molecular formula is C18H22FN3O3. The third-order valence-corrected chi connectivity index (χ3v) is 4.58. The van der Waals surface area contributed by atoms with Gasteiger partial charge in [-0.3, -0.25) is 9.48 Å². The molecular weight excluding hydrogens is 325 g/mol. The normalized spacial score (nSPS) is 20.0. The molecule has 1 amide bonds. The molecule has 1 saturated heterocycles. The van der Waals surface area contributed by atoms with Gasteiger partial charge in [-0.2, -0.15) is 5.10 Å². The van der Waals surface area contributed by atoms with Crippen LogP contribution in [0, 0.1) is 11.7 Å². The fraction of sp³-hybridized carbons (Fsp3) is 0.444. The van der Waals surface area contributed by atoms with Gasteiger partial charge in [0.15, 0.2) is 0 Å². The summed E-state index contributed by atoms with van der Waals surface area (Å²) in [5.41, 5.74) is 1.04. The molecule has 0 bridgehead atoms. The number of benzene rings is 1. The second-order valence-electron chi connectivity index (χ2n) is 6.35. The van der Waals surface area contributed by atoms with Gasteiger partial charge in [0, 0.05) is 44.8 Å². The lowest BCUT2D eigenvalue weighted by atomic mass is 9.92. The van der Waals surface area contributed by atoms with Crippen molar-refractivity contribution in [2.45, 2.75) is 12.3 Å². The van der Waals surface area contributed by atoms with Crippen LogP contribution < -0.4 is 4.74 Å². The number of carbonyl (C=O) groups is 1. The Morgan fingerprint density at radius 2 is 2.12 bits per heavy atom. The number of hydrogen-bond acceptors (Lipinski definition) is 4. The van der Waals surface area contributed by atoms with Gasteiger partial charge in [-0.1, -0.05) is 0 Å². The Hall–Kier alpha value is -2.41. The highest BCUT2D eigenvalue weighted by atomic mass is 19.1. The van der Waals surface area contributed by atoms with Crippen LogP contribution in [-0.4, -0.2) is 52.0 Å². The summed E-state index contributed by atoms with van der Waals surface area (Å²) in [4.78, 5) is 14.2. The molecule has 0 aliphatic carbocycles. The summed E-state index contributed by atoms with van der Waals surface area (Å²) < 4.78 is 20.1. The van der Waals surface area contributed by atoms with Gasteiger partial charge < -0.3 is 14.7 Å². The van der Waals surface area contributed by atoms with Crippen LogP contribution in [0.2, 0.25) is 0 Å². The van der Waals surface area contributed by atoms with E-state index < -0.39 is 0 Å². The first kappa shape index (κ1) is 17.4. The van der Waals surface area contributed by atoms with Crippen LogP contribution >= 0.6 is 0 Å². The molecule has 6 nitrogen and oxygen atoms in total. The number of amides is 1. The highest BCUT2D eigenvalue weighted by molar-refractivity contribution is 5.76. The Bertz CT molecular complexity index is 717. The molecule has 134 valence electrons. The smallest absolute Gasteiger partial charge is 0.226 e. The number of hydrogen-bond donors (Lipinski definition) is 1. The topological polar surface area (TPSA) is 67.6 Å². The van der Waals surface area contributed by atoms with Crippen LogP contribution in [0.1, 0.15) is 17.9 Å². The molecule has 1 fully saturated rings. The average molecular weight is 347 g/mol. The van der Waals surface area contributed by atoms with Crippen LogP contribution in [0.5, 0.6) is 5.75 Å². The molecule has 1 aliphatic rings. The summed E-state index contributed by atoms with van der Waals surface area (Å²) in [6, 6.07) is 5.72. The van der Waals surface area contributed by atoms with Crippen molar-refractivity contribution in [2.24, 2.45) is 13.0 Å². The second kappa shape index (κ2) is 7.65. The van der Waals surface area contributed by atoms with Crippen LogP contribution in [0.15, 0.2) is 36.7 Å². The summed E-state index contributed by atoms with van der Waals surface area (Å²) >= 11 is 0. The highest BCUT2D eigenvalue weighted by Crippen LogP contribution is 2.32. The van der Waals surface area contributed by atoms with E-state index in [1.807, 2.05) is 13.2 Å². The van der Waals surface area contributed by atoms with Crippen LogP contribution in [0.25, 0.3) is 0 Å². The number of likely N-dealkylation sites (tertiary alicyclic amines) is 1. The number of aliphatic hydroxyl groups is 1. The summed E-state index contributed by atoms with van der Waals surface area (Å²) in [5, 5.41) is 13.8. The summed E-state index contributed by atoms with van der Waals surface area (Å²) in [5.74, 6) is 0.327. The SMILES string of the molecule is Cn1cc([C@@H]2CN(C(=O)CCOc3ccc(F)cc3)C[C@H]2CO)cn1. The van der Waals surface area contributed by atoms with Gasteiger partial charge in [0.1, 0.15) is 11.6 Å². The maximum Gasteiger partial charge on any atom is 0.226 e. The third kappa shape index (κ3) is 4.17. The lowest BCUT2D eigenvalue weighted by Gasteiger charge is -2.16. The average Bonchev–Trinajstić information content (AvgIpc) is 3.22. The van der Waals surface area contributed by atoms with E-state index in [4.69, 9.17) is 4.74 Å². The van der Waals surface area contributed by atoms with E-state index in [-0.39, 0.29) is 43.2 Å². The van der Waals surface area contributed by atoms with E-state index in [0.717, 1.165) is 5.56 Å². The van der Waals surface area contributed by atoms with Crippen LogP contribution in [0.3, 0.4) is 0 Å². The van der Waals surface area contributed by atoms with Gasteiger partial charge in [0.05, 0.1) is 19.2 Å². The van der Waals surface area contributed by atoms with Crippen molar-refractivity contribution in [2.75, 3.05) is 26.3 Å². The Kier molecular flexibility index (Phi) is 5.33. The molecule has 2 aromatic rings. The van der Waals surface area contributed by atoms with Crippen molar-refractivity contribution in [1.29, 1.82) is 0 Å². The molecule has 25 heavy (non-hydrogen) atoms. The van der Waals surface area contributed by atoms with E-state index in [9.17, 15) is 14.3 Å². The zero-order chi connectivity index (χ0) is 17.8. The van der Waals surface area contributed by atoms with Gasteiger partial charge in [-0.15, -0.1) is 0 Å². The number of aliphatic hydroxyl groups excluding tert-OH is 1. The van der Waals surface area contributed by atoms with Gasteiger partial charge in [-0.25, -0.2) is 4.39 Å². The van der Waals surface area contributed by atoms with Crippen LogP contribution in [0.4, 0.5) is 4.39 Å². The maximum atomic E-state index is 12.8. The minimum atomic E-state index is -0.322. The summed E-state index contributed by atoms with van der Waals surface area (Å²) in [6.07, 6.45) is 3.97. The van der Waals surface area contributed by atoms with E-state index in [1.165, 1.54) is 24.3 Å². The Morgan fingerprint density at radius 3 is 2.76 bits per heavy atom. The van der Waals surface area contributed by atoms with E-state index in [1.54, 1.807) is 15.8 Å². The van der Waals surface area contributed by atoms with E-state index in [2.05, 4.69) is 5.10 Å². The Morgan fingerprint density at radius 1 is 1.36 bits per heavy atom. The Balaban J connectivity index is 1.53. The van der Waals surface area contributed by atoms with Gasteiger partial charge >= 0.3 is 0 Å². The first-order valence-corrected chi connectivity index (χ1v) is 8.32. The predicted octanol–water partition coefficient (Wildman–Crippen LogP) is 1.56. The molecule has 0 spiro atoms. The first-order valence-electron chi connectivity index (χ1n) is 8.32. The molecule has 1 aromatic carbocycles. The molecule has 7 heteroatoms. The van der Waals surface area contributed by atoms with Crippen molar-refractivity contribution in [3.8, 4) is 5.75 Å². The third-order valence-electron chi connectivity index (χ3n) is 4.58. The van der Waals surface area contributed by atoms with Gasteiger partial charge in [0.25, 0.3) is 0 Å². The number of aromatic nitrogens is 2. The van der Waals surface area contributed by atoms with Crippen molar-refractivity contribution in [1.82, 2.24) is 14.7 Å². The largest absolute Gasteiger partial charge is 0.493 e. The molecule has 2 atom stereocenters. The molecule has 0 saturated carbocycles. The summed E-state index contributed by atoms with van der Waals surface area (Å²) in [6.45, 7) is 1.38. The second-order valence-corrected chi connectivity index (χ2v) is 6.35. The van der Waals surface area contributed by atoms with Crippen molar-refractivity contribution >= 4 is 5.91 Å². The monoisotopic (exact) mass is 347 g/mol. The molecule has 0 unspecified atom stereocenters. The molecule has 1 aromatic heterocycles. The zero-order valence-electron chi connectivity index (χ0n) is 14.1. The maximum absolute atomic E-state index is 12.8. The van der Waals surface area contributed by atoms with Gasteiger partial charge in [-0.05, 0) is 29.8 Å². The van der Waals surface area contributed by atoms with Crippen molar-refractivity contribution < 1.29 is 19.0 Å². The number of rotatable bonds is 6. The van der Waals surface area contributed by atoms with E-state index >= 15 is 0 Å². The predicted molar refractivity (Wildman–Crippen MR) is 89.6 cm³/mol. The Labute approximate surface area is 145 Å². The molecule has 0 radical (unpaired) electrons.